The summed E-state index contributed by atoms with van der Waals surface area (Å²) in [5.74, 6) is -0.749. The Morgan fingerprint density at radius 2 is 1.95 bits per heavy atom. The minimum Gasteiger partial charge on any atom is -0.392 e. The Balaban J connectivity index is 2.03. The van der Waals surface area contributed by atoms with E-state index in [0.29, 0.717) is 11.3 Å². The van der Waals surface area contributed by atoms with E-state index in [1.165, 1.54) is 18.2 Å². The number of hydrogen-bond acceptors (Lipinski definition) is 2. The summed E-state index contributed by atoms with van der Waals surface area (Å²) in [5, 5.41) is 11.6. The SMILES string of the molecule is O=C(C=Cc1cc(Br)ccc1F)Nc1ccc(CO)cc1. The molecule has 0 saturated heterocycles. The Kier molecular flexibility index (Phi) is 5.25. The lowest BCUT2D eigenvalue weighted by molar-refractivity contribution is -0.111. The zero-order chi connectivity index (χ0) is 15.2. The summed E-state index contributed by atoms with van der Waals surface area (Å²) < 4.78 is 14.2. The first-order chi connectivity index (χ1) is 10.1. The molecule has 0 heterocycles. The molecule has 0 aromatic heterocycles. The van der Waals surface area contributed by atoms with Crippen LogP contribution < -0.4 is 5.32 Å². The van der Waals surface area contributed by atoms with Crippen molar-refractivity contribution in [2.24, 2.45) is 0 Å². The van der Waals surface area contributed by atoms with Crippen molar-refractivity contribution < 1.29 is 14.3 Å². The number of aliphatic hydroxyl groups is 1. The lowest BCUT2D eigenvalue weighted by atomic mass is 10.2. The molecule has 2 aromatic rings. The van der Waals surface area contributed by atoms with Crippen LogP contribution in [-0.4, -0.2) is 11.0 Å². The van der Waals surface area contributed by atoms with Gasteiger partial charge in [-0.25, -0.2) is 4.39 Å². The van der Waals surface area contributed by atoms with Gasteiger partial charge >= 0.3 is 0 Å². The highest BCUT2D eigenvalue weighted by atomic mass is 79.9. The maximum absolute atomic E-state index is 13.5. The summed E-state index contributed by atoms with van der Waals surface area (Å²) in [6.45, 7) is -0.0453. The van der Waals surface area contributed by atoms with Crippen LogP contribution in [0, 0.1) is 5.82 Å². The van der Waals surface area contributed by atoms with Gasteiger partial charge in [0, 0.05) is 21.8 Å². The van der Waals surface area contributed by atoms with Crippen molar-refractivity contribution in [3.05, 3.63) is 70.0 Å². The maximum atomic E-state index is 13.5. The summed E-state index contributed by atoms with van der Waals surface area (Å²) in [6, 6.07) is 11.3. The Morgan fingerprint density at radius 3 is 2.62 bits per heavy atom. The van der Waals surface area contributed by atoms with Crippen molar-refractivity contribution in [1.82, 2.24) is 0 Å². The predicted molar refractivity (Wildman–Crippen MR) is 84.1 cm³/mol. The normalized spacial score (nSPS) is 10.8. The Bertz CT molecular complexity index is 668. The molecular formula is C16H13BrFNO2. The molecule has 0 atom stereocenters. The summed E-state index contributed by atoms with van der Waals surface area (Å²) in [6.07, 6.45) is 2.68. The van der Waals surface area contributed by atoms with Gasteiger partial charge < -0.3 is 10.4 Å². The van der Waals surface area contributed by atoms with Gasteiger partial charge in [0.1, 0.15) is 5.82 Å². The van der Waals surface area contributed by atoms with Crippen LogP contribution in [0.5, 0.6) is 0 Å². The lowest BCUT2D eigenvalue weighted by Crippen LogP contribution is -2.07. The third-order valence-corrected chi connectivity index (χ3v) is 3.27. The molecule has 5 heteroatoms. The third kappa shape index (κ3) is 4.51. The first-order valence-corrected chi connectivity index (χ1v) is 7.01. The molecule has 21 heavy (non-hydrogen) atoms. The number of carbonyl (C=O) groups excluding carboxylic acids is 1. The van der Waals surface area contributed by atoms with Gasteiger partial charge in [-0.2, -0.15) is 0 Å². The second-order valence-electron chi connectivity index (χ2n) is 4.34. The van der Waals surface area contributed by atoms with Crippen molar-refractivity contribution in [2.45, 2.75) is 6.61 Å². The van der Waals surface area contributed by atoms with Crippen LogP contribution in [0.15, 0.2) is 53.0 Å². The number of aliphatic hydroxyl groups excluding tert-OH is 1. The maximum Gasteiger partial charge on any atom is 0.248 e. The number of benzene rings is 2. The van der Waals surface area contributed by atoms with Gasteiger partial charge in [-0.1, -0.05) is 28.1 Å². The Labute approximate surface area is 130 Å². The van der Waals surface area contributed by atoms with Crippen LogP contribution in [-0.2, 0) is 11.4 Å². The molecule has 0 saturated carbocycles. The molecule has 3 nitrogen and oxygen atoms in total. The number of rotatable bonds is 4. The highest BCUT2D eigenvalue weighted by Crippen LogP contribution is 2.17. The third-order valence-electron chi connectivity index (χ3n) is 2.78. The van der Waals surface area contributed by atoms with Gasteiger partial charge in [0.05, 0.1) is 6.61 Å². The monoisotopic (exact) mass is 349 g/mol. The van der Waals surface area contributed by atoms with Gasteiger partial charge in [-0.15, -0.1) is 0 Å². The standard InChI is InChI=1S/C16H13BrFNO2/c17-13-4-7-15(18)12(9-13)3-8-16(21)19-14-5-1-11(10-20)2-6-14/h1-9,20H,10H2,(H,19,21). The van der Waals surface area contributed by atoms with Crippen LogP contribution >= 0.6 is 15.9 Å². The number of nitrogens with one attached hydrogen (secondary N) is 1. The molecule has 1 amide bonds. The van der Waals surface area contributed by atoms with Crippen molar-refractivity contribution in [2.75, 3.05) is 5.32 Å². The second-order valence-corrected chi connectivity index (χ2v) is 5.26. The average Bonchev–Trinajstić information content (AvgIpc) is 2.49. The Morgan fingerprint density at radius 1 is 1.24 bits per heavy atom. The van der Waals surface area contributed by atoms with E-state index in [4.69, 9.17) is 5.11 Å². The van der Waals surface area contributed by atoms with Gasteiger partial charge in [0.2, 0.25) is 5.91 Å². The zero-order valence-corrected chi connectivity index (χ0v) is 12.6. The van der Waals surface area contributed by atoms with Crippen LogP contribution in [0.2, 0.25) is 0 Å². The minimum atomic E-state index is -0.394. The van der Waals surface area contributed by atoms with Gasteiger partial charge in [0.25, 0.3) is 0 Å². The topological polar surface area (TPSA) is 49.3 Å². The summed E-state index contributed by atoms with van der Waals surface area (Å²) >= 11 is 3.25. The summed E-state index contributed by atoms with van der Waals surface area (Å²) in [4.78, 5) is 11.8. The molecule has 0 fully saturated rings. The largest absolute Gasteiger partial charge is 0.392 e. The van der Waals surface area contributed by atoms with E-state index in [1.54, 1.807) is 36.4 Å². The van der Waals surface area contributed by atoms with E-state index < -0.39 is 5.82 Å². The van der Waals surface area contributed by atoms with Gasteiger partial charge in [-0.05, 0) is 42.0 Å². The van der Waals surface area contributed by atoms with Crippen LogP contribution in [0.3, 0.4) is 0 Å². The van der Waals surface area contributed by atoms with Crippen molar-refractivity contribution >= 4 is 33.6 Å². The van der Waals surface area contributed by atoms with Crippen molar-refractivity contribution in [3.63, 3.8) is 0 Å². The molecular weight excluding hydrogens is 337 g/mol. The number of anilines is 1. The van der Waals surface area contributed by atoms with Crippen molar-refractivity contribution in [3.8, 4) is 0 Å². The molecule has 2 aromatic carbocycles. The molecule has 0 aliphatic rings. The minimum absolute atomic E-state index is 0.0453. The lowest BCUT2D eigenvalue weighted by Gasteiger charge is -2.03. The quantitative estimate of drug-likeness (QED) is 0.826. The smallest absolute Gasteiger partial charge is 0.248 e. The van der Waals surface area contributed by atoms with E-state index in [0.717, 1.165) is 10.0 Å². The molecule has 0 bridgehead atoms. The molecule has 0 spiro atoms. The van der Waals surface area contributed by atoms with E-state index >= 15 is 0 Å². The highest BCUT2D eigenvalue weighted by molar-refractivity contribution is 9.10. The highest BCUT2D eigenvalue weighted by Gasteiger charge is 2.01. The van der Waals surface area contributed by atoms with E-state index in [9.17, 15) is 9.18 Å². The first-order valence-electron chi connectivity index (χ1n) is 6.22. The summed E-state index contributed by atoms with van der Waals surface area (Å²) in [5.41, 5.74) is 1.70. The van der Waals surface area contributed by atoms with Gasteiger partial charge in [-0.3, -0.25) is 4.79 Å². The van der Waals surface area contributed by atoms with E-state index in [2.05, 4.69) is 21.2 Å². The average molecular weight is 350 g/mol. The molecule has 0 aliphatic carbocycles. The van der Waals surface area contributed by atoms with Crippen LogP contribution in [0.1, 0.15) is 11.1 Å². The second kappa shape index (κ2) is 7.15. The number of amides is 1. The van der Waals surface area contributed by atoms with Crippen molar-refractivity contribution in [1.29, 1.82) is 0 Å². The van der Waals surface area contributed by atoms with E-state index in [-0.39, 0.29) is 12.5 Å². The molecule has 108 valence electrons. The number of carbonyl (C=O) groups is 1. The molecule has 2 N–H and O–H groups in total. The zero-order valence-electron chi connectivity index (χ0n) is 11.0. The van der Waals surface area contributed by atoms with Crippen LogP contribution in [0.4, 0.5) is 10.1 Å². The molecule has 0 aliphatic heterocycles. The summed E-state index contributed by atoms with van der Waals surface area (Å²) in [7, 11) is 0. The molecule has 0 radical (unpaired) electrons. The van der Waals surface area contributed by atoms with Crippen LogP contribution in [0.25, 0.3) is 6.08 Å². The number of halogens is 2. The van der Waals surface area contributed by atoms with E-state index in [1.807, 2.05) is 0 Å². The number of hydrogen-bond donors (Lipinski definition) is 2. The fraction of sp³-hybridized carbons (Fsp3) is 0.0625. The first kappa shape index (κ1) is 15.4. The fourth-order valence-corrected chi connectivity index (χ4v) is 2.06. The fourth-order valence-electron chi connectivity index (χ4n) is 1.69. The Hall–Kier alpha value is -1.98. The molecule has 0 unspecified atom stereocenters. The van der Waals surface area contributed by atoms with Gasteiger partial charge in [0.15, 0.2) is 0 Å². The predicted octanol–water partition coefficient (Wildman–Crippen LogP) is 3.73. The molecule has 2 rings (SSSR count).